The van der Waals surface area contributed by atoms with Gasteiger partial charge in [-0.15, -0.1) is 20.2 Å². The summed E-state index contributed by atoms with van der Waals surface area (Å²) in [7, 11) is 1.42. The van der Waals surface area contributed by atoms with Crippen LogP contribution in [0.25, 0.3) is 0 Å². The molecule has 0 radical (unpaired) electrons. The fraction of sp³-hybridized carbons (Fsp3) is 0.438. The molecule has 0 saturated carbocycles. The first-order valence-electron chi connectivity index (χ1n) is 15.1. The fourth-order valence-electron chi connectivity index (χ4n) is 4.94. The van der Waals surface area contributed by atoms with Gasteiger partial charge in [-0.2, -0.15) is 0 Å². The number of benzene rings is 2. The third kappa shape index (κ3) is 11.3. The zero-order valence-electron chi connectivity index (χ0n) is 27.6. The smallest absolute Gasteiger partial charge is 0.444 e. The van der Waals surface area contributed by atoms with Gasteiger partial charge in [0.15, 0.2) is 5.60 Å². The Morgan fingerprint density at radius 1 is 0.857 bits per heavy atom. The largest absolute Gasteiger partial charge is 0.511 e. The maximum Gasteiger partial charge on any atom is 0.511 e. The fourth-order valence-corrected chi connectivity index (χ4v) is 4.94. The van der Waals surface area contributed by atoms with Crippen molar-refractivity contribution in [1.29, 1.82) is 0 Å². The average molecular weight is 687 g/mol. The molecular weight excluding hydrogens is 648 g/mol. The van der Waals surface area contributed by atoms with E-state index >= 15 is 0 Å². The van der Waals surface area contributed by atoms with Crippen LogP contribution in [0.5, 0.6) is 6.01 Å². The predicted octanol–water partition coefficient (Wildman–Crippen LogP) is 4.82. The second-order valence-electron chi connectivity index (χ2n) is 11.1. The Morgan fingerprint density at radius 3 is 1.94 bits per heavy atom. The van der Waals surface area contributed by atoms with Crippen molar-refractivity contribution in [2.45, 2.75) is 70.6 Å². The first-order valence-corrected chi connectivity index (χ1v) is 15.1. The number of rotatable bonds is 19. The van der Waals surface area contributed by atoms with Gasteiger partial charge in [-0.1, -0.05) is 60.7 Å². The van der Waals surface area contributed by atoms with Crippen LogP contribution < -0.4 is 4.74 Å². The maximum atomic E-state index is 14.2. The summed E-state index contributed by atoms with van der Waals surface area (Å²) in [6, 6.07) is 19.4. The van der Waals surface area contributed by atoms with Crippen LogP contribution in [0.3, 0.4) is 0 Å². The van der Waals surface area contributed by atoms with Crippen molar-refractivity contribution in [1.82, 2.24) is 9.97 Å². The minimum Gasteiger partial charge on any atom is -0.444 e. The van der Waals surface area contributed by atoms with Gasteiger partial charge in [0.2, 0.25) is 6.10 Å². The van der Waals surface area contributed by atoms with Crippen LogP contribution in [-0.4, -0.2) is 70.6 Å². The number of ether oxygens (including phenoxy) is 5. The van der Waals surface area contributed by atoms with Gasteiger partial charge in [-0.25, -0.2) is 19.6 Å². The topological polar surface area (TPSA) is 211 Å². The van der Waals surface area contributed by atoms with Gasteiger partial charge >= 0.3 is 18.1 Å². The van der Waals surface area contributed by atoms with Crippen LogP contribution >= 0.6 is 0 Å². The number of hydrogen-bond donors (Lipinski definition) is 0. The normalized spacial score (nSPS) is 12.6. The lowest BCUT2D eigenvalue weighted by Gasteiger charge is -2.39. The van der Waals surface area contributed by atoms with E-state index in [1.807, 2.05) is 12.1 Å². The van der Waals surface area contributed by atoms with E-state index < -0.39 is 52.5 Å². The molecule has 0 aliphatic heterocycles. The number of carbonyl (C=O) groups is 2. The highest BCUT2D eigenvalue weighted by molar-refractivity contribution is 5.79. The van der Waals surface area contributed by atoms with E-state index in [2.05, 4.69) is 19.6 Å². The Bertz CT molecular complexity index is 1500. The van der Waals surface area contributed by atoms with Crippen molar-refractivity contribution < 1.29 is 53.1 Å². The van der Waals surface area contributed by atoms with Crippen LogP contribution in [0, 0.1) is 34.1 Å². The average Bonchev–Trinajstić information content (AvgIpc) is 3.03. The molecule has 1 heterocycles. The molecular formula is C32H38N4O13. The molecule has 2 unspecified atom stereocenters. The van der Waals surface area contributed by atoms with E-state index in [0.717, 1.165) is 0 Å². The summed E-state index contributed by atoms with van der Waals surface area (Å²) in [5.74, 6) is -2.86. The van der Waals surface area contributed by atoms with Crippen LogP contribution in [-0.2, 0) is 39.0 Å². The lowest BCUT2D eigenvalue weighted by atomic mass is 9.81. The molecule has 0 N–H and O–H groups in total. The van der Waals surface area contributed by atoms with Gasteiger partial charge in [0.05, 0.1) is 6.61 Å². The quantitative estimate of drug-likeness (QED) is 0.0544. The molecule has 1 aromatic heterocycles. The number of esters is 1. The van der Waals surface area contributed by atoms with Crippen molar-refractivity contribution >= 4 is 12.1 Å². The number of methoxy groups -OCH3 is 1. The molecule has 0 spiro atoms. The SMILES string of the molecule is COC(c1ccccc1)(c1ccccc1)C(Oc1nc(C)cc(C)n1)C(=O)OC(C)(C)OC(=O)OCCCCC(CO[N+](=O)[O-])O[N+](=O)[O-]. The van der Waals surface area contributed by atoms with E-state index in [4.69, 9.17) is 23.7 Å². The van der Waals surface area contributed by atoms with E-state index in [1.165, 1.54) is 21.0 Å². The maximum absolute atomic E-state index is 14.2. The highest BCUT2D eigenvalue weighted by atomic mass is 17.0. The predicted molar refractivity (Wildman–Crippen MR) is 168 cm³/mol. The lowest BCUT2D eigenvalue weighted by Crippen LogP contribution is -2.53. The molecule has 3 rings (SSSR count). The Balaban J connectivity index is 1.78. The molecule has 49 heavy (non-hydrogen) atoms. The Morgan fingerprint density at radius 2 is 1.43 bits per heavy atom. The van der Waals surface area contributed by atoms with Gasteiger partial charge < -0.3 is 33.4 Å². The van der Waals surface area contributed by atoms with E-state index in [1.54, 1.807) is 68.4 Å². The Labute approximate surface area is 281 Å². The van der Waals surface area contributed by atoms with Gasteiger partial charge in [-0.05, 0) is 50.3 Å². The number of unbranched alkanes of at least 4 members (excludes halogenated alkanes) is 1. The number of nitrogens with zero attached hydrogens (tertiary/aromatic N) is 4. The summed E-state index contributed by atoms with van der Waals surface area (Å²) < 4.78 is 28.5. The van der Waals surface area contributed by atoms with Gasteiger partial charge in [0, 0.05) is 32.3 Å². The minimum absolute atomic E-state index is 0.00593. The molecule has 17 heteroatoms. The molecule has 0 amide bonds. The van der Waals surface area contributed by atoms with Crippen molar-refractivity contribution in [3.63, 3.8) is 0 Å². The van der Waals surface area contributed by atoms with Crippen molar-refractivity contribution in [2.24, 2.45) is 0 Å². The monoisotopic (exact) mass is 686 g/mol. The second-order valence-corrected chi connectivity index (χ2v) is 11.1. The Kier molecular flexibility index (Phi) is 13.6. The molecule has 264 valence electrons. The number of aryl methyl sites for hydroxylation is 2. The highest BCUT2D eigenvalue weighted by Crippen LogP contribution is 2.39. The third-order valence-corrected chi connectivity index (χ3v) is 6.91. The van der Waals surface area contributed by atoms with Crippen molar-refractivity contribution in [3.8, 4) is 6.01 Å². The molecule has 3 aromatic rings. The molecule has 0 bridgehead atoms. The molecule has 0 aliphatic carbocycles. The van der Waals surface area contributed by atoms with Crippen LogP contribution in [0.2, 0.25) is 0 Å². The molecule has 0 aliphatic rings. The minimum atomic E-state index is -1.88. The van der Waals surface area contributed by atoms with E-state index in [-0.39, 0.29) is 31.9 Å². The molecule has 0 fully saturated rings. The number of hydrogen-bond acceptors (Lipinski definition) is 15. The summed E-state index contributed by atoms with van der Waals surface area (Å²) >= 11 is 0. The summed E-state index contributed by atoms with van der Waals surface area (Å²) in [6.07, 6.45) is -3.51. The zero-order valence-corrected chi connectivity index (χ0v) is 27.6. The van der Waals surface area contributed by atoms with Crippen molar-refractivity contribution in [3.05, 3.63) is 109 Å². The zero-order chi connectivity index (χ0) is 36.0. The third-order valence-electron chi connectivity index (χ3n) is 6.91. The molecule has 2 aromatic carbocycles. The molecule has 2 atom stereocenters. The lowest BCUT2D eigenvalue weighted by molar-refractivity contribution is -0.790. The highest BCUT2D eigenvalue weighted by Gasteiger charge is 2.51. The number of carbonyl (C=O) groups excluding carboxylic acids is 2. The van der Waals surface area contributed by atoms with E-state index in [0.29, 0.717) is 22.5 Å². The summed E-state index contributed by atoms with van der Waals surface area (Å²) in [5.41, 5.74) is 0.676. The Hall–Kier alpha value is -5.58. The van der Waals surface area contributed by atoms with E-state index in [9.17, 15) is 29.8 Å². The first kappa shape index (κ1) is 37.9. The first-order chi connectivity index (χ1) is 23.3. The van der Waals surface area contributed by atoms with Gasteiger partial charge in [0.1, 0.15) is 12.7 Å². The van der Waals surface area contributed by atoms with Crippen LogP contribution in [0.15, 0.2) is 66.7 Å². The standard InChI is InChI=1S/C32H38N4O13/c1-22-20-23(2)34-29(33-22)46-27(32(43-5,24-14-8-6-9-15-24)25-16-10-7-11-17-25)28(37)47-31(3,4)48-30(38)44-19-13-12-18-26(49-36(41)42)21-45-35(39)40/h6-11,14-17,20,26-27H,12-13,18-19,21H2,1-5H3. The van der Waals surface area contributed by atoms with Crippen molar-refractivity contribution in [2.75, 3.05) is 20.3 Å². The summed E-state index contributed by atoms with van der Waals surface area (Å²) in [4.78, 5) is 65.0. The second kappa shape index (κ2) is 17.5. The summed E-state index contributed by atoms with van der Waals surface area (Å²) in [5, 5.41) is 18.9. The molecule has 17 nitrogen and oxygen atoms in total. The van der Waals surface area contributed by atoms with Crippen LogP contribution in [0.1, 0.15) is 55.6 Å². The van der Waals surface area contributed by atoms with Gasteiger partial charge in [-0.3, -0.25) is 0 Å². The number of aromatic nitrogens is 2. The van der Waals surface area contributed by atoms with Crippen LogP contribution in [0.4, 0.5) is 4.79 Å². The van der Waals surface area contributed by atoms with Gasteiger partial charge in [0.25, 0.3) is 16.0 Å². The molecule has 0 saturated heterocycles. The summed E-state index contributed by atoms with van der Waals surface area (Å²) in [6.45, 7) is 5.32.